The van der Waals surface area contributed by atoms with Crippen LogP contribution in [0.25, 0.3) is 10.4 Å². The van der Waals surface area contributed by atoms with Gasteiger partial charge in [0, 0.05) is 35.9 Å². The third-order valence-corrected chi connectivity index (χ3v) is 6.72. The zero-order chi connectivity index (χ0) is 25.7. The fourth-order valence-corrected chi connectivity index (χ4v) is 4.88. The highest BCUT2D eigenvalue weighted by atomic mass is 35.5. The minimum absolute atomic E-state index is 0.173. The molecular formula is C23H21ClF3N5O3S. The van der Waals surface area contributed by atoms with Crippen molar-refractivity contribution in [3.05, 3.63) is 60.3 Å². The number of benzene rings is 1. The Balaban J connectivity index is 1.65. The van der Waals surface area contributed by atoms with Gasteiger partial charge in [-0.3, -0.25) is 19.5 Å². The molecule has 190 valence electrons. The molecule has 4 rings (SSSR count). The number of hydrogen-bond donors (Lipinski definition) is 1. The second-order valence-corrected chi connectivity index (χ2v) is 9.30. The zero-order valence-corrected chi connectivity index (χ0v) is 20.2. The van der Waals surface area contributed by atoms with Gasteiger partial charge in [-0.1, -0.05) is 23.7 Å². The van der Waals surface area contributed by atoms with Crippen molar-refractivity contribution in [2.45, 2.75) is 49.7 Å². The summed E-state index contributed by atoms with van der Waals surface area (Å²) in [7, 11) is 0. The molecule has 2 amide bonds. The summed E-state index contributed by atoms with van der Waals surface area (Å²) in [5, 5.41) is 2.77. The Bertz CT molecular complexity index is 1160. The summed E-state index contributed by atoms with van der Waals surface area (Å²) >= 11 is 6.96. The van der Waals surface area contributed by atoms with Crippen LogP contribution in [0.15, 0.2) is 54.7 Å². The number of amides is 2. The lowest BCUT2D eigenvalue weighted by atomic mass is 10.0. The maximum absolute atomic E-state index is 14.2. The zero-order valence-electron chi connectivity index (χ0n) is 18.6. The van der Waals surface area contributed by atoms with Gasteiger partial charge in [-0.2, -0.15) is 8.78 Å². The molecule has 4 unspecified atom stereocenters. The molecule has 13 heteroatoms. The van der Waals surface area contributed by atoms with Gasteiger partial charge in [0.2, 0.25) is 5.91 Å². The van der Waals surface area contributed by atoms with Crippen LogP contribution < -0.4 is 10.2 Å². The summed E-state index contributed by atoms with van der Waals surface area (Å²) in [6.45, 7) is -2.91. The average molecular weight is 540 g/mol. The second-order valence-electron chi connectivity index (χ2n) is 8.03. The average Bonchev–Trinajstić information content (AvgIpc) is 3.55. The number of nitrogens with one attached hydrogen (secondary N) is 1. The first-order valence-corrected chi connectivity index (χ1v) is 12.2. The topological polar surface area (TPSA) is 97.3 Å². The molecule has 2 aromatic heterocycles. The van der Waals surface area contributed by atoms with Gasteiger partial charge in [0.15, 0.2) is 0 Å². The molecule has 36 heavy (non-hydrogen) atoms. The van der Waals surface area contributed by atoms with Gasteiger partial charge in [0.05, 0.1) is 16.5 Å². The summed E-state index contributed by atoms with van der Waals surface area (Å²) in [5.41, 5.74) is 0.491. The largest absolute Gasteiger partial charge is 0.351 e. The fourth-order valence-electron chi connectivity index (χ4n) is 4.14. The Labute approximate surface area is 213 Å². The van der Waals surface area contributed by atoms with E-state index in [0.717, 1.165) is 15.3 Å². The van der Waals surface area contributed by atoms with E-state index >= 15 is 0 Å². The number of alkyl halides is 4. The highest BCUT2D eigenvalue weighted by molar-refractivity contribution is 7.13. The van der Waals surface area contributed by atoms with E-state index in [0.29, 0.717) is 12.8 Å². The molecule has 0 spiro atoms. The molecular weight excluding hydrogens is 519 g/mol. The van der Waals surface area contributed by atoms with E-state index in [-0.39, 0.29) is 17.7 Å². The number of rotatable bonds is 9. The number of ether oxygens (including phenoxy) is 1. The molecule has 1 aliphatic rings. The number of carbonyl (C=O) groups is 2. The SMILES string of the molecule is O=C(NC1CCC(OC(F)F)C1)C(c1cncnc1)N(C(=O)C(F)Cl)c1ccc(-c2cncs2)cc1. The van der Waals surface area contributed by atoms with Crippen molar-refractivity contribution in [2.75, 3.05) is 4.90 Å². The van der Waals surface area contributed by atoms with E-state index in [1.54, 1.807) is 36.0 Å². The molecule has 0 radical (unpaired) electrons. The van der Waals surface area contributed by atoms with Crippen LogP contribution in [-0.4, -0.2) is 51.2 Å². The molecule has 1 saturated carbocycles. The first-order chi connectivity index (χ1) is 17.3. The maximum atomic E-state index is 14.2. The quantitative estimate of drug-likeness (QED) is 0.403. The summed E-state index contributed by atoms with van der Waals surface area (Å²) in [6.07, 6.45) is 5.81. The van der Waals surface area contributed by atoms with Gasteiger partial charge in [-0.15, -0.1) is 11.3 Å². The van der Waals surface area contributed by atoms with Gasteiger partial charge in [-0.05, 0) is 37.0 Å². The van der Waals surface area contributed by atoms with Crippen LogP contribution in [-0.2, 0) is 14.3 Å². The van der Waals surface area contributed by atoms with Crippen molar-refractivity contribution >= 4 is 40.4 Å². The van der Waals surface area contributed by atoms with Crippen LogP contribution in [0, 0.1) is 0 Å². The molecule has 1 fully saturated rings. The van der Waals surface area contributed by atoms with Crippen LogP contribution in [0.3, 0.4) is 0 Å². The van der Waals surface area contributed by atoms with Crippen LogP contribution in [0.2, 0.25) is 0 Å². The van der Waals surface area contributed by atoms with Crippen molar-refractivity contribution < 1.29 is 27.5 Å². The summed E-state index contributed by atoms with van der Waals surface area (Å²) in [5.74, 6) is -1.82. The van der Waals surface area contributed by atoms with Gasteiger partial charge < -0.3 is 10.1 Å². The molecule has 2 heterocycles. The standard InChI is InChI=1S/C23H21ClF3N5O3S/c24-20(25)22(34)32(16-4-1-13(2-5-16)18-10-30-12-36-18)19(14-8-28-11-29-9-14)21(33)31-15-3-6-17(7-15)35-23(26)27/h1-2,4-5,8-12,15,17,19-20,23H,3,6-7H2,(H,31,33). The number of hydrogen-bond acceptors (Lipinski definition) is 7. The molecule has 1 N–H and O–H groups in total. The van der Waals surface area contributed by atoms with Crippen LogP contribution >= 0.6 is 22.9 Å². The number of thiazole rings is 1. The minimum Gasteiger partial charge on any atom is -0.351 e. The second kappa shape index (κ2) is 11.8. The number of carbonyl (C=O) groups excluding carboxylic acids is 2. The van der Waals surface area contributed by atoms with E-state index in [1.165, 1.54) is 30.1 Å². The third-order valence-electron chi connectivity index (χ3n) is 5.72. The molecule has 0 saturated heterocycles. The molecule has 3 aromatic rings. The molecule has 8 nitrogen and oxygen atoms in total. The monoisotopic (exact) mass is 539 g/mol. The first kappa shape index (κ1) is 26.0. The van der Waals surface area contributed by atoms with Crippen molar-refractivity contribution in [1.82, 2.24) is 20.3 Å². The van der Waals surface area contributed by atoms with E-state index in [4.69, 9.17) is 11.6 Å². The Hall–Kier alpha value is -3.09. The van der Waals surface area contributed by atoms with Gasteiger partial charge >= 0.3 is 6.61 Å². The lowest BCUT2D eigenvalue weighted by molar-refractivity contribution is -0.160. The smallest absolute Gasteiger partial charge is 0.345 e. The Morgan fingerprint density at radius 3 is 2.42 bits per heavy atom. The van der Waals surface area contributed by atoms with E-state index in [1.807, 2.05) is 0 Å². The van der Waals surface area contributed by atoms with E-state index < -0.39 is 42.2 Å². The highest BCUT2D eigenvalue weighted by Gasteiger charge is 2.38. The lowest BCUT2D eigenvalue weighted by Crippen LogP contribution is -2.48. The maximum Gasteiger partial charge on any atom is 0.345 e. The number of nitrogens with zero attached hydrogens (tertiary/aromatic N) is 4. The number of anilines is 1. The van der Waals surface area contributed by atoms with Crippen LogP contribution in [0.5, 0.6) is 0 Å². The highest BCUT2D eigenvalue weighted by Crippen LogP contribution is 2.33. The van der Waals surface area contributed by atoms with Crippen molar-refractivity contribution in [3.63, 3.8) is 0 Å². The predicted molar refractivity (Wildman–Crippen MR) is 127 cm³/mol. The predicted octanol–water partition coefficient (Wildman–Crippen LogP) is 4.49. The van der Waals surface area contributed by atoms with Crippen molar-refractivity contribution in [2.24, 2.45) is 0 Å². The molecule has 1 aliphatic carbocycles. The molecule has 0 bridgehead atoms. The van der Waals surface area contributed by atoms with Gasteiger partial charge in [0.25, 0.3) is 11.5 Å². The van der Waals surface area contributed by atoms with Crippen LogP contribution in [0.4, 0.5) is 18.9 Å². The van der Waals surface area contributed by atoms with E-state index in [9.17, 15) is 22.8 Å². The van der Waals surface area contributed by atoms with Gasteiger partial charge in [0.1, 0.15) is 12.4 Å². The number of aromatic nitrogens is 3. The fraction of sp³-hybridized carbons (Fsp3) is 0.348. The first-order valence-electron chi connectivity index (χ1n) is 10.9. The number of halogens is 4. The Morgan fingerprint density at radius 2 is 1.81 bits per heavy atom. The molecule has 4 atom stereocenters. The Morgan fingerprint density at radius 1 is 1.08 bits per heavy atom. The van der Waals surface area contributed by atoms with Crippen molar-refractivity contribution in [1.29, 1.82) is 0 Å². The Kier molecular flexibility index (Phi) is 8.49. The normalized spacial score (nSPS) is 19.1. The minimum atomic E-state index is -2.91. The third kappa shape index (κ3) is 6.18. The molecule has 1 aromatic carbocycles. The van der Waals surface area contributed by atoms with Crippen LogP contribution in [0.1, 0.15) is 30.9 Å². The summed E-state index contributed by atoms with van der Waals surface area (Å²) in [6, 6.07) is 4.71. The van der Waals surface area contributed by atoms with E-state index in [2.05, 4.69) is 25.0 Å². The van der Waals surface area contributed by atoms with Gasteiger partial charge in [-0.25, -0.2) is 14.4 Å². The lowest BCUT2D eigenvalue weighted by Gasteiger charge is -2.32. The molecule has 0 aliphatic heterocycles. The summed E-state index contributed by atoms with van der Waals surface area (Å²) in [4.78, 5) is 40.2. The van der Waals surface area contributed by atoms with Crippen molar-refractivity contribution in [3.8, 4) is 10.4 Å². The summed E-state index contributed by atoms with van der Waals surface area (Å²) < 4.78 is 43.9.